The molecule has 2 aromatic carbocycles. The lowest BCUT2D eigenvalue weighted by molar-refractivity contribution is -0.136. The van der Waals surface area contributed by atoms with Gasteiger partial charge < -0.3 is 15.4 Å². The quantitative estimate of drug-likeness (QED) is 0.850. The van der Waals surface area contributed by atoms with E-state index in [0.717, 1.165) is 11.6 Å². The molecule has 0 saturated heterocycles. The van der Waals surface area contributed by atoms with Gasteiger partial charge in [0.05, 0.1) is 7.11 Å². The van der Waals surface area contributed by atoms with Gasteiger partial charge in [-0.3, -0.25) is 9.59 Å². The molecule has 0 aromatic heterocycles. The van der Waals surface area contributed by atoms with E-state index in [1.165, 1.54) is 18.2 Å². The van der Waals surface area contributed by atoms with E-state index in [1.54, 1.807) is 31.4 Å². The molecule has 2 rings (SSSR count). The van der Waals surface area contributed by atoms with Crippen molar-refractivity contribution >= 4 is 17.5 Å². The summed E-state index contributed by atoms with van der Waals surface area (Å²) in [5.41, 5.74) is 1.05. The van der Waals surface area contributed by atoms with Gasteiger partial charge in [-0.25, -0.2) is 4.39 Å². The summed E-state index contributed by atoms with van der Waals surface area (Å²) in [6.45, 7) is 0.208. The smallest absolute Gasteiger partial charge is 0.313 e. The van der Waals surface area contributed by atoms with Crippen molar-refractivity contribution in [2.45, 2.75) is 6.54 Å². The highest BCUT2D eigenvalue weighted by molar-refractivity contribution is 6.39. The van der Waals surface area contributed by atoms with Crippen molar-refractivity contribution in [1.82, 2.24) is 5.32 Å². The van der Waals surface area contributed by atoms with Crippen LogP contribution in [0.15, 0.2) is 48.5 Å². The van der Waals surface area contributed by atoms with Crippen molar-refractivity contribution in [3.8, 4) is 5.75 Å². The number of benzene rings is 2. The summed E-state index contributed by atoms with van der Waals surface area (Å²) >= 11 is 0. The molecule has 0 aliphatic heterocycles. The fourth-order valence-corrected chi connectivity index (χ4v) is 1.76. The Kier molecular flexibility index (Phi) is 5.08. The molecule has 0 aliphatic carbocycles. The number of carbonyl (C=O) groups is 2. The van der Waals surface area contributed by atoms with E-state index in [1.807, 2.05) is 0 Å². The minimum absolute atomic E-state index is 0.208. The Morgan fingerprint density at radius 3 is 2.45 bits per heavy atom. The van der Waals surface area contributed by atoms with Crippen LogP contribution in [-0.2, 0) is 16.1 Å². The van der Waals surface area contributed by atoms with E-state index in [0.29, 0.717) is 5.75 Å². The number of nitrogens with one attached hydrogen (secondary N) is 2. The fraction of sp³-hybridized carbons (Fsp3) is 0.125. The Labute approximate surface area is 127 Å². The highest BCUT2D eigenvalue weighted by Gasteiger charge is 2.13. The molecule has 0 aliphatic rings. The Hall–Kier alpha value is -2.89. The van der Waals surface area contributed by atoms with Crippen LogP contribution < -0.4 is 15.4 Å². The standard InChI is InChI=1S/C16H15FN2O3/c1-22-14-7-5-11(6-8-14)10-18-15(20)16(21)19-13-4-2-3-12(17)9-13/h2-9H,10H2,1H3,(H,18,20)(H,19,21). The van der Waals surface area contributed by atoms with E-state index in [2.05, 4.69) is 10.6 Å². The molecule has 6 heteroatoms. The molecular weight excluding hydrogens is 287 g/mol. The highest BCUT2D eigenvalue weighted by atomic mass is 19.1. The van der Waals surface area contributed by atoms with Gasteiger partial charge in [-0.1, -0.05) is 18.2 Å². The number of hydrogen-bond donors (Lipinski definition) is 2. The maximum Gasteiger partial charge on any atom is 0.313 e. The zero-order valence-corrected chi connectivity index (χ0v) is 11.9. The highest BCUT2D eigenvalue weighted by Crippen LogP contribution is 2.11. The minimum atomic E-state index is -0.848. The molecule has 0 bridgehead atoms. The number of hydrogen-bond acceptors (Lipinski definition) is 3. The van der Waals surface area contributed by atoms with E-state index < -0.39 is 17.6 Å². The van der Waals surface area contributed by atoms with Crippen molar-refractivity contribution in [3.63, 3.8) is 0 Å². The molecule has 2 amide bonds. The number of amides is 2. The zero-order valence-electron chi connectivity index (χ0n) is 11.9. The van der Waals surface area contributed by atoms with Crippen LogP contribution >= 0.6 is 0 Å². The van der Waals surface area contributed by atoms with Crippen LogP contribution in [-0.4, -0.2) is 18.9 Å². The van der Waals surface area contributed by atoms with E-state index >= 15 is 0 Å². The van der Waals surface area contributed by atoms with Crippen LogP contribution in [0.4, 0.5) is 10.1 Å². The third-order valence-corrected chi connectivity index (χ3v) is 2.90. The molecule has 0 saturated carbocycles. The maximum absolute atomic E-state index is 13.0. The first kappa shape index (κ1) is 15.5. The van der Waals surface area contributed by atoms with Crippen LogP contribution in [0.5, 0.6) is 5.75 Å². The van der Waals surface area contributed by atoms with Crippen LogP contribution in [0.3, 0.4) is 0 Å². The number of halogens is 1. The predicted octanol–water partition coefficient (Wildman–Crippen LogP) is 2.09. The molecular formula is C16H15FN2O3. The second-order valence-electron chi connectivity index (χ2n) is 4.50. The first-order valence-corrected chi connectivity index (χ1v) is 6.56. The molecule has 2 aromatic rings. The molecule has 5 nitrogen and oxygen atoms in total. The van der Waals surface area contributed by atoms with Crippen molar-refractivity contribution in [2.24, 2.45) is 0 Å². The maximum atomic E-state index is 13.0. The van der Waals surface area contributed by atoms with Crippen LogP contribution in [0.1, 0.15) is 5.56 Å². The average molecular weight is 302 g/mol. The lowest BCUT2D eigenvalue weighted by Gasteiger charge is -2.07. The van der Waals surface area contributed by atoms with Crippen molar-refractivity contribution in [2.75, 3.05) is 12.4 Å². The summed E-state index contributed by atoms with van der Waals surface area (Å²) in [5, 5.41) is 4.81. The first-order valence-electron chi connectivity index (χ1n) is 6.56. The van der Waals surface area contributed by atoms with Gasteiger partial charge >= 0.3 is 11.8 Å². The number of methoxy groups -OCH3 is 1. The molecule has 0 atom stereocenters. The summed E-state index contributed by atoms with van der Waals surface area (Å²) in [5.74, 6) is -1.42. The SMILES string of the molecule is COc1ccc(CNC(=O)C(=O)Nc2cccc(F)c2)cc1. The molecule has 0 unspecified atom stereocenters. The molecule has 0 radical (unpaired) electrons. The summed E-state index contributed by atoms with van der Waals surface area (Å²) in [6.07, 6.45) is 0. The lowest BCUT2D eigenvalue weighted by atomic mass is 10.2. The van der Waals surface area contributed by atoms with Crippen molar-refractivity contribution < 1.29 is 18.7 Å². The Bertz CT molecular complexity index is 671. The predicted molar refractivity (Wildman–Crippen MR) is 79.9 cm³/mol. The Morgan fingerprint density at radius 1 is 1.09 bits per heavy atom. The topological polar surface area (TPSA) is 67.4 Å². The second-order valence-corrected chi connectivity index (χ2v) is 4.50. The summed E-state index contributed by atoms with van der Waals surface area (Å²) in [7, 11) is 1.56. The summed E-state index contributed by atoms with van der Waals surface area (Å²) in [6, 6.07) is 12.4. The zero-order chi connectivity index (χ0) is 15.9. The van der Waals surface area contributed by atoms with Gasteiger partial charge in [-0.15, -0.1) is 0 Å². The molecule has 22 heavy (non-hydrogen) atoms. The first-order chi connectivity index (χ1) is 10.6. The third kappa shape index (κ3) is 4.31. The normalized spacial score (nSPS) is 9.91. The second kappa shape index (κ2) is 7.21. The monoisotopic (exact) mass is 302 g/mol. The number of carbonyl (C=O) groups excluding carboxylic acids is 2. The van der Waals surface area contributed by atoms with Crippen LogP contribution in [0, 0.1) is 5.82 Å². The largest absolute Gasteiger partial charge is 0.497 e. The summed E-state index contributed by atoms with van der Waals surface area (Å²) in [4.78, 5) is 23.4. The van der Waals surface area contributed by atoms with Gasteiger partial charge in [0.1, 0.15) is 11.6 Å². The van der Waals surface area contributed by atoms with E-state index in [9.17, 15) is 14.0 Å². The van der Waals surface area contributed by atoms with Crippen LogP contribution in [0.25, 0.3) is 0 Å². The van der Waals surface area contributed by atoms with Crippen molar-refractivity contribution in [1.29, 1.82) is 0 Å². The third-order valence-electron chi connectivity index (χ3n) is 2.90. The van der Waals surface area contributed by atoms with Crippen LogP contribution in [0.2, 0.25) is 0 Å². The van der Waals surface area contributed by atoms with Crippen molar-refractivity contribution in [3.05, 3.63) is 59.9 Å². The molecule has 0 fully saturated rings. The molecule has 0 heterocycles. The van der Waals surface area contributed by atoms with Gasteiger partial charge in [0.25, 0.3) is 0 Å². The van der Waals surface area contributed by atoms with Gasteiger partial charge in [-0.2, -0.15) is 0 Å². The molecule has 114 valence electrons. The van der Waals surface area contributed by atoms with Gasteiger partial charge in [0.15, 0.2) is 0 Å². The lowest BCUT2D eigenvalue weighted by Crippen LogP contribution is -2.34. The molecule has 0 spiro atoms. The van der Waals surface area contributed by atoms with Gasteiger partial charge in [0.2, 0.25) is 0 Å². The Morgan fingerprint density at radius 2 is 1.82 bits per heavy atom. The van der Waals surface area contributed by atoms with Gasteiger partial charge in [-0.05, 0) is 35.9 Å². The number of anilines is 1. The Balaban J connectivity index is 1.87. The van der Waals surface area contributed by atoms with E-state index in [-0.39, 0.29) is 12.2 Å². The van der Waals surface area contributed by atoms with E-state index in [4.69, 9.17) is 4.74 Å². The average Bonchev–Trinajstić information content (AvgIpc) is 2.53. The minimum Gasteiger partial charge on any atom is -0.497 e. The summed E-state index contributed by atoms with van der Waals surface area (Å²) < 4.78 is 18.0. The molecule has 2 N–H and O–H groups in total. The number of ether oxygens (including phenoxy) is 1. The fourth-order valence-electron chi connectivity index (χ4n) is 1.76. The number of rotatable bonds is 4. The van der Waals surface area contributed by atoms with Gasteiger partial charge in [0, 0.05) is 12.2 Å².